The minimum absolute atomic E-state index is 0.0940. The number of hydrogen-bond donors (Lipinski definition) is 2. The zero-order valence-electron chi connectivity index (χ0n) is 11.8. The van der Waals surface area contributed by atoms with Crippen LogP contribution in [0.15, 0.2) is 22.6 Å². The van der Waals surface area contributed by atoms with Gasteiger partial charge >= 0.3 is 0 Å². The first kappa shape index (κ1) is 14.4. The van der Waals surface area contributed by atoms with Gasteiger partial charge in [0.05, 0.1) is 0 Å². The van der Waals surface area contributed by atoms with Crippen LogP contribution in [0.3, 0.4) is 0 Å². The van der Waals surface area contributed by atoms with Crippen molar-refractivity contribution in [2.75, 3.05) is 13.6 Å². The summed E-state index contributed by atoms with van der Waals surface area (Å²) in [7, 11) is 1.57. The van der Waals surface area contributed by atoms with Crippen molar-refractivity contribution < 1.29 is 14.0 Å². The molecular formula is C15H20N2O3. The Hall–Kier alpha value is -2.04. The molecule has 5 nitrogen and oxygen atoms in total. The second-order valence-corrected chi connectivity index (χ2v) is 5.11. The van der Waals surface area contributed by atoms with Crippen molar-refractivity contribution in [3.63, 3.8) is 0 Å². The molecule has 1 aliphatic rings. The Balaban J connectivity index is 1.75. The number of hydrogen-bond acceptors (Lipinski definition) is 3. The lowest BCUT2D eigenvalue weighted by molar-refractivity contribution is -0.120. The van der Waals surface area contributed by atoms with Gasteiger partial charge < -0.3 is 15.1 Å². The molecule has 0 radical (unpaired) electrons. The lowest BCUT2D eigenvalue weighted by Gasteiger charge is -2.00. The third kappa shape index (κ3) is 3.98. The predicted molar refractivity (Wildman–Crippen MR) is 76.0 cm³/mol. The van der Waals surface area contributed by atoms with Gasteiger partial charge in [0.15, 0.2) is 0 Å². The van der Waals surface area contributed by atoms with Crippen LogP contribution < -0.4 is 10.6 Å². The van der Waals surface area contributed by atoms with Crippen LogP contribution in [0.5, 0.6) is 0 Å². The fourth-order valence-electron chi connectivity index (χ4n) is 2.02. The molecule has 2 unspecified atom stereocenters. The zero-order valence-corrected chi connectivity index (χ0v) is 11.8. The molecule has 2 rings (SSSR count). The van der Waals surface area contributed by atoms with E-state index in [-0.39, 0.29) is 18.2 Å². The summed E-state index contributed by atoms with van der Waals surface area (Å²) in [5, 5.41) is 5.13. The third-order valence-corrected chi connectivity index (χ3v) is 3.45. The van der Waals surface area contributed by atoms with E-state index < -0.39 is 0 Å². The maximum Gasteiger partial charge on any atom is 0.244 e. The molecule has 1 saturated carbocycles. The van der Waals surface area contributed by atoms with Crippen LogP contribution >= 0.6 is 0 Å². The Bertz CT molecular complexity index is 519. The van der Waals surface area contributed by atoms with Crippen LogP contribution in [-0.2, 0) is 9.59 Å². The smallest absolute Gasteiger partial charge is 0.244 e. The topological polar surface area (TPSA) is 71.3 Å². The van der Waals surface area contributed by atoms with Crippen molar-refractivity contribution in [1.82, 2.24) is 10.6 Å². The van der Waals surface area contributed by atoms with Gasteiger partial charge in [-0.3, -0.25) is 9.59 Å². The average Bonchev–Trinajstić information content (AvgIpc) is 2.99. The van der Waals surface area contributed by atoms with Gasteiger partial charge in [-0.25, -0.2) is 0 Å². The molecule has 0 spiro atoms. The van der Waals surface area contributed by atoms with Gasteiger partial charge in [-0.15, -0.1) is 0 Å². The summed E-state index contributed by atoms with van der Waals surface area (Å²) in [6.07, 6.45) is 4.52. The van der Waals surface area contributed by atoms with Crippen molar-refractivity contribution in [1.29, 1.82) is 0 Å². The van der Waals surface area contributed by atoms with Gasteiger partial charge in [-0.1, -0.05) is 6.92 Å². The minimum Gasteiger partial charge on any atom is -0.461 e. The van der Waals surface area contributed by atoms with Gasteiger partial charge in [-0.2, -0.15) is 0 Å². The number of furan rings is 1. The molecule has 108 valence electrons. The minimum atomic E-state index is -0.230. The summed E-state index contributed by atoms with van der Waals surface area (Å²) in [6.45, 7) is 2.52. The number of nitrogens with one attached hydrogen (secondary N) is 2. The summed E-state index contributed by atoms with van der Waals surface area (Å²) in [5.41, 5.74) is 0. The van der Waals surface area contributed by atoms with E-state index in [2.05, 4.69) is 17.6 Å². The molecule has 1 aromatic rings. The first-order valence-electron chi connectivity index (χ1n) is 6.86. The summed E-state index contributed by atoms with van der Waals surface area (Å²) in [5.74, 6) is 2.59. The summed E-state index contributed by atoms with van der Waals surface area (Å²) in [4.78, 5) is 22.5. The highest BCUT2D eigenvalue weighted by molar-refractivity contribution is 5.91. The molecule has 1 aliphatic carbocycles. The van der Waals surface area contributed by atoms with Crippen LogP contribution in [0, 0.1) is 5.92 Å². The number of amides is 2. The largest absolute Gasteiger partial charge is 0.461 e. The van der Waals surface area contributed by atoms with Gasteiger partial charge in [-0.05, 0) is 30.5 Å². The van der Waals surface area contributed by atoms with Crippen molar-refractivity contribution in [2.45, 2.75) is 25.7 Å². The van der Waals surface area contributed by atoms with E-state index in [1.807, 2.05) is 12.1 Å². The Morgan fingerprint density at radius 2 is 2.20 bits per heavy atom. The van der Waals surface area contributed by atoms with E-state index in [4.69, 9.17) is 4.42 Å². The van der Waals surface area contributed by atoms with E-state index in [0.29, 0.717) is 24.1 Å². The first-order valence-corrected chi connectivity index (χ1v) is 6.86. The predicted octanol–water partition coefficient (Wildman–Crippen LogP) is 1.67. The molecule has 2 amide bonds. The van der Waals surface area contributed by atoms with E-state index in [0.717, 1.165) is 5.76 Å². The summed E-state index contributed by atoms with van der Waals surface area (Å²) >= 11 is 0. The molecule has 0 aromatic carbocycles. The molecule has 0 saturated heterocycles. The van der Waals surface area contributed by atoms with Crippen LogP contribution in [0.25, 0.3) is 6.08 Å². The second kappa shape index (κ2) is 6.41. The van der Waals surface area contributed by atoms with E-state index in [1.54, 1.807) is 13.1 Å². The zero-order chi connectivity index (χ0) is 14.5. The Labute approximate surface area is 118 Å². The van der Waals surface area contributed by atoms with Gasteiger partial charge in [0, 0.05) is 32.0 Å². The van der Waals surface area contributed by atoms with E-state index in [1.165, 1.54) is 12.5 Å². The molecular weight excluding hydrogens is 256 g/mol. The maximum atomic E-state index is 11.5. The summed E-state index contributed by atoms with van der Waals surface area (Å²) < 4.78 is 5.66. The Kier molecular flexibility index (Phi) is 4.61. The Morgan fingerprint density at radius 1 is 1.45 bits per heavy atom. The van der Waals surface area contributed by atoms with Gasteiger partial charge in [0.2, 0.25) is 11.8 Å². The fourth-order valence-corrected chi connectivity index (χ4v) is 2.02. The van der Waals surface area contributed by atoms with Crippen LogP contribution in [0.1, 0.15) is 37.2 Å². The lowest BCUT2D eigenvalue weighted by Crippen LogP contribution is -2.27. The number of carbonyl (C=O) groups excluding carboxylic acids is 2. The first-order chi connectivity index (χ1) is 9.60. The van der Waals surface area contributed by atoms with Gasteiger partial charge in [0.25, 0.3) is 0 Å². The van der Waals surface area contributed by atoms with Crippen molar-refractivity contribution in [3.8, 4) is 0 Å². The Morgan fingerprint density at radius 3 is 2.85 bits per heavy atom. The third-order valence-electron chi connectivity index (χ3n) is 3.45. The molecule has 5 heteroatoms. The van der Waals surface area contributed by atoms with Crippen molar-refractivity contribution >= 4 is 17.9 Å². The molecule has 20 heavy (non-hydrogen) atoms. The van der Waals surface area contributed by atoms with Crippen LogP contribution in [0.4, 0.5) is 0 Å². The molecule has 1 fully saturated rings. The molecule has 2 N–H and O–H groups in total. The van der Waals surface area contributed by atoms with Gasteiger partial charge in [0.1, 0.15) is 11.5 Å². The second-order valence-electron chi connectivity index (χ2n) is 5.11. The molecule has 2 atom stereocenters. The monoisotopic (exact) mass is 276 g/mol. The highest BCUT2D eigenvalue weighted by Crippen LogP contribution is 2.47. The number of rotatable bonds is 6. The van der Waals surface area contributed by atoms with Crippen LogP contribution in [0.2, 0.25) is 0 Å². The highest BCUT2D eigenvalue weighted by Gasteiger charge is 2.36. The summed E-state index contributed by atoms with van der Waals surface area (Å²) in [6, 6.07) is 3.84. The van der Waals surface area contributed by atoms with E-state index in [9.17, 15) is 9.59 Å². The average molecular weight is 276 g/mol. The molecule has 0 bridgehead atoms. The fraction of sp³-hybridized carbons (Fsp3) is 0.467. The number of carbonyl (C=O) groups is 2. The standard InChI is InChI=1S/C15H20N2O3/c1-10-9-12(10)13-5-3-11(20-13)4-6-15(19)17-8-7-14(18)16-2/h3-6,10,12H,7-9H2,1-2H3,(H,16,18)(H,17,19). The lowest BCUT2D eigenvalue weighted by atomic mass is 10.3. The SMILES string of the molecule is CNC(=O)CCNC(=O)C=Cc1ccc(C2CC2C)o1. The maximum absolute atomic E-state index is 11.5. The normalized spacial score (nSPS) is 20.9. The van der Waals surface area contributed by atoms with Crippen molar-refractivity contribution in [2.24, 2.45) is 5.92 Å². The van der Waals surface area contributed by atoms with E-state index >= 15 is 0 Å². The quantitative estimate of drug-likeness (QED) is 0.776. The highest BCUT2D eigenvalue weighted by atomic mass is 16.3. The molecule has 1 heterocycles. The molecule has 1 aromatic heterocycles. The molecule has 0 aliphatic heterocycles. The van der Waals surface area contributed by atoms with Crippen molar-refractivity contribution in [3.05, 3.63) is 29.7 Å². The van der Waals surface area contributed by atoms with Crippen LogP contribution in [-0.4, -0.2) is 25.4 Å².